The molecular formula is C11H27NOS. The van der Waals surface area contributed by atoms with Gasteiger partial charge in [0.25, 0.3) is 0 Å². The third kappa shape index (κ3) is 10.4. The minimum absolute atomic E-state index is 0.00423. The van der Waals surface area contributed by atoms with Crippen molar-refractivity contribution < 1.29 is 5.11 Å². The van der Waals surface area contributed by atoms with E-state index in [9.17, 15) is 5.11 Å². The van der Waals surface area contributed by atoms with Crippen molar-refractivity contribution in [1.29, 1.82) is 0 Å². The van der Waals surface area contributed by atoms with Gasteiger partial charge in [-0.2, -0.15) is 0 Å². The van der Waals surface area contributed by atoms with Crippen LogP contribution in [0.3, 0.4) is 0 Å². The standard InChI is InChI=1S/C11H27NOS/c1-11(2,3)7-6-8-12-10(13)9-14(4)5/h10,12-14H,6-9H2,1-5H3. The molecule has 0 saturated carbocycles. The van der Waals surface area contributed by atoms with Crippen LogP contribution in [0.2, 0.25) is 0 Å². The van der Waals surface area contributed by atoms with E-state index in [0.29, 0.717) is 5.41 Å². The Morgan fingerprint density at radius 2 is 1.86 bits per heavy atom. The molecule has 1 atom stereocenters. The summed E-state index contributed by atoms with van der Waals surface area (Å²) < 4.78 is 0. The molecule has 0 aliphatic heterocycles. The number of hydrogen-bond acceptors (Lipinski definition) is 2. The zero-order chi connectivity index (χ0) is 11.2. The highest BCUT2D eigenvalue weighted by molar-refractivity contribution is 8.15. The van der Waals surface area contributed by atoms with Crippen molar-refractivity contribution in [3.8, 4) is 0 Å². The molecule has 0 saturated heterocycles. The Hall–Kier alpha value is 0.270. The number of aliphatic hydroxyl groups is 1. The van der Waals surface area contributed by atoms with Crippen LogP contribution < -0.4 is 5.32 Å². The third-order valence-corrected chi connectivity index (χ3v) is 3.10. The zero-order valence-corrected chi connectivity index (χ0v) is 11.2. The maximum atomic E-state index is 9.55. The van der Waals surface area contributed by atoms with Crippen LogP contribution in [-0.2, 0) is 0 Å². The van der Waals surface area contributed by atoms with E-state index in [1.165, 1.54) is 6.42 Å². The topological polar surface area (TPSA) is 32.3 Å². The van der Waals surface area contributed by atoms with E-state index < -0.39 is 0 Å². The summed E-state index contributed by atoms with van der Waals surface area (Å²) in [6.45, 7) is 7.68. The van der Waals surface area contributed by atoms with Gasteiger partial charge in [0.05, 0.1) is 0 Å². The van der Waals surface area contributed by atoms with Crippen LogP contribution in [-0.4, -0.2) is 36.1 Å². The number of nitrogens with one attached hydrogen (secondary N) is 1. The Morgan fingerprint density at radius 1 is 1.29 bits per heavy atom. The van der Waals surface area contributed by atoms with Crippen molar-refractivity contribution in [2.45, 2.75) is 39.8 Å². The SMILES string of the molecule is C[SH](C)CC(O)NCCCC(C)(C)C. The Bertz CT molecular complexity index is 143. The van der Waals surface area contributed by atoms with Gasteiger partial charge >= 0.3 is 0 Å². The van der Waals surface area contributed by atoms with Crippen molar-refractivity contribution >= 4 is 10.9 Å². The fourth-order valence-corrected chi connectivity index (χ4v) is 2.12. The minimum atomic E-state index is -0.295. The summed E-state index contributed by atoms with van der Waals surface area (Å²) in [5.41, 5.74) is 0.411. The van der Waals surface area contributed by atoms with E-state index in [2.05, 4.69) is 38.6 Å². The smallest absolute Gasteiger partial charge is 0.112 e. The van der Waals surface area contributed by atoms with Crippen LogP contribution in [0, 0.1) is 5.41 Å². The first-order chi connectivity index (χ1) is 6.31. The van der Waals surface area contributed by atoms with Crippen LogP contribution >= 0.6 is 10.9 Å². The fourth-order valence-electron chi connectivity index (χ4n) is 1.30. The molecule has 2 nitrogen and oxygen atoms in total. The molecule has 0 rings (SSSR count). The molecule has 0 fully saturated rings. The van der Waals surface area contributed by atoms with Gasteiger partial charge in [0, 0.05) is 5.75 Å². The van der Waals surface area contributed by atoms with Gasteiger partial charge in [-0.1, -0.05) is 20.8 Å². The Kier molecular flexibility index (Phi) is 6.83. The lowest BCUT2D eigenvalue weighted by atomic mass is 9.91. The Labute approximate surface area is 91.8 Å². The summed E-state index contributed by atoms with van der Waals surface area (Å²) >= 11 is 0. The molecule has 0 aromatic rings. The van der Waals surface area contributed by atoms with E-state index in [1.807, 2.05) is 0 Å². The highest BCUT2D eigenvalue weighted by Gasteiger charge is 2.09. The zero-order valence-electron chi connectivity index (χ0n) is 10.3. The van der Waals surface area contributed by atoms with Gasteiger partial charge in [0.1, 0.15) is 6.23 Å². The van der Waals surface area contributed by atoms with E-state index >= 15 is 0 Å². The van der Waals surface area contributed by atoms with Gasteiger partial charge in [-0.05, 0) is 37.3 Å². The summed E-state index contributed by atoms with van der Waals surface area (Å²) in [5.74, 6) is 0.908. The van der Waals surface area contributed by atoms with Crippen molar-refractivity contribution in [3.05, 3.63) is 0 Å². The van der Waals surface area contributed by atoms with Crippen molar-refractivity contribution in [2.24, 2.45) is 5.41 Å². The molecule has 0 spiro atoms. The molecular weight excluding hydrogens is 194 g/mol. The lowest BCUT2D eigenvalue weighted by molar-refractivity contribution is 0.158. The molecule has 0 heterocycles. The third-order valence-electron chi connectivity index (χ3n) is 2.02. The van der Waals surface area contributed by atoms with Gasteiger partial charge in [-0.3, -0.25) is 16.2 Å². The molecule has 0 aromatic heterocycles. The molecule has 0 amide bonds. The largest absolute Gasteiger partial charge is 0.378 e. The van der Waals surface area contributed by atoms with Gasteiger partial charge in [0.15, 0.2) is 0 Å². The molecule has 2 N–H and O–H groups in total. The van der Waals surface area contributed by atoms with Gasteiger partial charge in [-0.25, -0.2) is 0 Å². The molecule has 0 aliphatic carbocycles. The minimum Gasteiger partial charge on any atom is -0.378 e. The first kappa shape index (κ1) is 14.3. The van der Waals surface area contributed by atoms with Crippen molar-refractivity contribution in [1.82, 2.24) is 5.32 Å². The molecule has 0 radical (unpaired) electrons. The van der Waals surface area contributed by atoms with E-state index in [-0.39, 0.29) is 17.1 Å². The van der Waals surface area contributed by atoms with Crippen molar-refractivity contribution in [2.75, 3.05) is 24.8 Å². The Balaban J connectivity index is 3.36. The van der Waals surface area contributed by atoms with Gasteiger partial charge in [0.2, 0.25) is 0 Å². The molecule has 0 bridgehead atoms. The summed E-state index contributed by atoms with van der Waals surface area (Å²) in [7, 11) is 0.00423. The average Bonchev–Trinajstić information content (AvgIpc) is 1.95. The second-order valence-corrected chi connectivity index (χ2v) is 7.92. The monoisotopic (exact) mass is 221 g/mol. The van der Waals surface area contributed by atoms with E-state index in [4.69, 9.17) is 0 Å². The van der Waals surface area contributed by atoms with E-state index in [1.54, 1.807) is 0 Å². The number of thiol groups is 1. The molecule has 0 aromatic carbocycles. The Morgan fingerprint density at radius 3 is 2.29 bits per heavy atom. The quantitative estimate of drug-likeness (QED) is 0.364. The summed E-state index contributed by atoms with van der Waals surface area (Å²) in [6, 6.07) is 0. The molecule has 88 valence electrons. The number of hydrogen-bond donors (Lipinski definition) is 3. The second kappa shape index (κ2) is 6.70. The summed E-state index contributed by atoms with van der Waals surface area (Å²) in [4.78, 5) is 0. The van der Waals surface area contributed by atoms with E-state index in [0.717, 1.165) is 18.7 Å². The predicted octanol–water partition coefficient (Wildman–Crippen LogP) is 1.98. The van der Waals surface area contributed by atoms with Crippen LogP contribution in [0.4, 0.5) is 0 Å². The highest BCUT2D eigenvalue weighted by Crippen LogP contribution is 2.20. The maximum Gasteiger partial charge on any atom is 0.112 e. The normalized spacial score (nSPS) is 15.4. The first-order valence-corrected chi connectivity index (χ1v) is 7.79. The van der Waals surface area contributed by atoms with Crippen LogP contribution in [0.15, 0.2) is 0 Å². The molecule has 14 heavy (non-hydrogen) atoms. The molecule has 3 heteroatoms. The number of aliphatic hydroxyl groups excluding tert-OH is 1. The second-order valence-electron chi connectivity index (χ2n) is 5.40. The van der Waals surface area contributed by atoms with Gasteiger partial charge in [-0.15, -0.1) is 0 Å². The molecule has 0 aliphatic rings. The first-order valence-electron chi connectivity index (χ1n) is 5.37. The number of rotatable bonds is 6. The summed E-state index contributed by atoms with van der Waals surface area (Å²) in [5, 5.41) is 12.7. The van der Waals surface area contributed by atoms with Crippen LogP contribution in [0.25, 0.3) is 0 Å². The fraction of sp³-hybridized carbons (Fsp3) is 1.00. The van der Waals surface area contributed by atoms with Crippen molar-refractivity contribution in [3.63, 3.8) is 0 Å². The van der Waals surface area contributed by atoms with Crippen LogP contribution in [0.1, 0.15) is 33.6 Å². The van der Waals surface area contributed by atoms with Crippen LogP contribution in [0.5, 0.6) is 0 Å². The maximum absolute atomic E-state index is 9.55. The van der Waals surface area contributed by atoms with Gasteiger partial charge < -0.3 is 5.11 Å². The predicted molar refractivity (Wildman–Crippen MR) is 68.4 cm³/mol. The summed E-state index contributed by atoms with van der Waals surface area (Å²) in [6.07, 6.45) is 6.44. The highest BCUT2D eigenvalue weighted by atomic mass is 32.2. The lowest BCUT2D eigenvalue weighted by Gasteiger charge is -2.20. The average molecular weight is 221 g/mol. The molecule has 1 unspecified atom stereocenters. The lowest BCUT2D eigenvalue weighted by Crippen LogP contribution is -2.33.